The third-order valence-corrected chi connectivity index (χ3v) is 2.77. The van der Waals surface area contributed by atoms with Gasteiger partial charge in [-0.05, 0) is 37.1 Å². The Morgan fingerprint density at radius 1 is 1.35 bits per heavy atom. The Bertz CT molecular complexity index is 435. The molecule has 0 saturated carbocycles. The van der Waals surface area contributed by atoms with Crippen molar-refractivity contribution in [2.75, 3.05) is 10.6 Å². The molecule has 0 bridgehead atoms. The molecule has 1 atom stereocenters. The van der Waals surface area contributed by atoms with Gasteiger partial charge >= 0.3 is 0 Å². The van der Waals surface area contributed by atoms with Gasteiger partial charge in [0, 0.05) is 17.8 Å². The number of rotatable bonds is 3. The summed E-state index contributed by atoms with van der Waals surface area (Å²) >= 11 is 0. The summed E-state index contributed by atoms with van der Waals surface area (Å²) < 4.78 is 24.8. The smallest absolute Gasteiger partial charge is 0.258 e. The number of fused-ring (bicyclic) bond motifs is 1. The van der Waals surface area contributed by atoms with Crippen LogP contribution in [0, 0.1) is 0 Å². The van der Waals surface area contributed by atoms with Crippen LogP contribution in [0.4, 0.5) is 20.2 Å². The van der Waals surface area contributed by atoms with Crippen molar-refractivity contribution in [3.8, 4) is 0 Å². The molecule has 17 heavy (non-hydrogen) atoms. The topological polar surface area (TPSA) is 41.1 Å². The molecule has 0 saturated heterocycles. The number of carbonyl (C=O) groups is 1. The minimum atomic E-state index is -2.40. The van der Waals surface area contributed by atoms with Crippen molar-refractivity contribution in [3.63, 3.8) is 0 Å². The second kappa shape index (κ2) is 4.69. The van der Waals surface area contributed by atoms with Gasteiger partial charge in [0.25, 0.3) is 6.43 Å². The maximum Gasteiger partial charge on any atom is 0.258 e. The highest BCUT2D eigenvalue weighted by Gasteiger charge is 2.17. The van der Waals surface area contributed by atoms with Crippen LogP contribution < -0.4 is 10.6 Å². The molecule has 0 spiro atoms. The number of carbonyl (C=O) groups excluding carboxylic acids is 1. The maximum atomic E-state index is 12.4. The summed E-state index contributed by atoms with van der Waals surface area (Å²) in [6.07, 6.45) is -1.30. The van der Waals surface area contributed by atoms with Gasteiger partial charge in [-0.2, -0.15) is 0 Å². The highest BCUT2D eigenvalue weighted by Crippen LogP contribution is 2.26. The van der Waals surface area contributed by atoms with E-state index in [0.29, 0.717) is 18.5 Å². The van der Waals surface area contributed by atoms with E-state index < -0.39 is 12.5 Å². The third-order valence-electron chi connectivity index (χ3n) is 2.77. The number of alkyl halides is 2. The van der Waals surface area contributed by atoms with Crippen LogP contribution in [0.3, 0.4) is 0 Å². The first kappa shape index (κ1) is 11.8. The lowest BCUT2D eigenvalue weighted by Crippen LogP contribution is -2.24. The minimum absolute atomic E-state index is 0.000780. The largest absolute Gasteiger partial charge is 0.377 e. The van der Waals surface area contributed by atoms with Crippen molar-refractivity contribution in [1.29, 1.82) is 0 Å². The highest BCUT2D eigenvalue weighted by molar-refractivity contribution is 5.94. The molecule has 1 unspecified atom stereocenters. The standard InChI is InChI=1S/C12H14F2N2O/c1-7(12(13)14)15-9-3-4-10-8(6-9)2-5-11(17)16-10/h3-4,6-7,12,15H,2,5H2,1H3,(H,16,17). The van der Waals surface area contributed by atoms with Crippen molar-refractivity contribution in [1.82, 2.24) is 0 Å². The summed E-state index contributed by atoms with van der Waals surface area (Å²) in [6, 6.07) is 4.37. The molecule has 0 fully saturated rings. The lowest BCUT2D eigenvalue weighted by molar-refractivity contribution is -0.116. The van der Waals surface area contributed by atoms with E-state index in [9.17, 15) is 13.6 Å². The summed E-state index contributed by atoms with van der Waals surface area (Å²) in [7, 11) is 0. The van der Waals surface area contributed by atoms with Gasteiger partial charge in [0.05, 0.1) is 6.04 Å². The van der Waals surface area contributed by atoms with E-state index in [4.69, 9.17) is 0 Å². The predicted molar refractivity (Wildman–Crippen MR) is 62.5 cm³/mol. The van der Waals surface area contributed by atoms with Gasteiger partial charge in [0.15, 0.2) is 0 Å². The zero-order valence-corrected chi connectivity index (χ0v) is 9.47. The van der Waals surface area contributed by atoms with E-state index in [1.807, 2.05) is 6.07 Å². The Balaban J connectivity index is 2.14. The Morgan fingerprint density at radius 3 is 2.82 bits per heavy atom. The highest BCUT2D eigenvalue weighted by atomic mass is 19.3. The lowest BCUT2D eigenvalue weighted by Gasteiger charge is -2.19. The molecule has 1 aliphatic rings. The Labute approximate surface area is 98.2 Å². The molecule has 1 aliphatic heterocycles. The van der Waals surface area contributed by atoms with Crippen LogP contribution in [-0.4, -0.2) is 18.4 Å². The van der Waals surface area contributed by atoms with Crippen LogP contribution in [0.25, 0.3) is 0 Å². The molecule has 2 N–H and O–H groups in total. The van der Waals surface area contributed by atoms with Crippen LogP contribution in [0.1, 0.15) is 18.9 Å². The second-order valence-corrected chi connectivity index (χ2v) is 4.19. The zero-order valence-electron chi connectivity index (χ0n) is 9.47. The number of aryl methyl sites for hydroxylation is 1. The van der Waals surface area contributed by atoms with Crippen molar-refractivity contribution >= 4 is 17.3 Å². The SMILES string of the molecule is CC(Nc1ccc2c(c1)CCC(=O)N2)C(F)F. The predicted octanol–water partition coefficient (Wildman–Crippen LogP) is 2.64. The first-order valence-corrected chi connectivity index (χ1v) is 5.54. The summed E-state index contributed by atoms with van der Waals surface area (Å²) in [6.45, 7) is 1.44. The van der Waals surface area contributed by atoms with E-state index >= 15 is 0 Å². The molecule has 92 valence electrons. The van der Waals surface area contributed by atoms with Crippen LogP contribution in [-0.2, 0) is 11.2 Å². The van der Waals surface area contributed by atoms with Gasteiger partial charge in [-0.3, -0.25) is 4.79 Å². The van der Waals surface area contributed by atoms with Crippen molar-refractivity contribution < 1.29 is 13.6 Å². The van der Waals surface area contributed by atoms with Crippen LogP contribution >= 0.6 is 0 Å². The average molecular weight is 240 g/mol. The van der Waals surface area contributed by atoms with Gasteiger partial charge in [-0.15, -0.1) is 0 Å². The third kappa shape index (κ3) is 2.72. The molecule has 5 heteroatoms. The van der Waals surface area contributed by atoms with E-state index in [0.717, 1.165) is 11.3 Å². The first-order chi connectivity index (χ1) is 8.06. The monoisotopic (exact) mass is 240 g/mol. The van der Waals surface area contributed by atoms with E-state index in [1.54, 1.807) is 12.1 Å². The molecule has 0 radical (unpaired) electrons. The van der Waals surface area contributed by atoms with Gasteiger partial charge in [0.2, 0.25) is 5.91 Å². The van der Waals surface area contributed by atoms with Gasteiger partial charge in [-0.25, -0.2) is 8.78 Å². The molecular formula is C12H14F2N2O. The molecule has 2 rings (SSSR count). The van der Waals surface area contributed by atoms with E-state index in [1.165, 1.54) is 6.92 Å². The molecular weight excluding hydrogens is 226 g/mol. The number of halogens is 2. The van der Waals surface area contributed by atoms with Gasteiger partial charge in [0.1, 0.15) is 0 Å². The number of hydrogen-bond acceptors (Lipinski definition) is 2. The fraction of sp³-hybridized carbons (Fsp3) is 0.417. The molecule has 3 nitrogen and oxygen atoms in total. The van der Waals surface area contributed by atoms with Crippen molar-refractivity contribution in [3.05, 3.63) is 23.8 Å². The normalized spacial score (nSPS) is 16.4. The summed E-state index contributed by atoms with van der Waals surface area (Å²) in [5.41, 5.74) is 2.42. The second-order valence-electron chi connectivity index (χ2n) is 4.19. The number of anilines is 2. The zero-order chi connectivity index (χ0) is 12.4. The number of nitrogens with one attached hydrogen (secondary N) is 2. The van der Waals surface area contributed by atoms with Crippen molar-refractivity contribution in [2.45, 2.75) is 32.2 Å². The van der Waals surface area contributed by atoms with Gasteiger partial charge < -0.3 is 10.6 Å². The molecule has 0 aliphatic carbocycles. The lowest BCUT2D eigenvalue weighted by atomic mass is 10.0. The Kier molecular flexibility index (Phi) is 3.26. The number of benzene rings is 1. The number of hydrogen-bond donors (Lipinski definition) is 2. The minimum Gasteiger partial charge on any atom is -0.377 e. The fourth-order valence-electron chi connectivity index (χ4n) is 1.80. The quantitative estimate of drug-likeness (QED) is 0.852. The molecule has 1 aromatic carbocycles. The molecule has 0 aromatic heterocycles. The fourth-order valence-corrected chi connectivity index (χ4v) is 1.80. The molecule has 1 amide bonds. The molecule has 1 aromatic rings. The summed E-state index contributed by atoms with van der Waals surface area (Å²) in [5.74, 6) is -0.000780. The maximum absolute atomic E-state index is 12.4. The van der Waals surface area contributed by atoms with E-state index in [2.05, 4.69) is 10.6 Å². The van der Waals surface area contributed by atoms with Crippen LogP contribution in [0.5, 0.6) is 0 Å². The number of amides is 1. The molecule has 1 heterocycles. The van der Waals surface area contributed by atoms with Crippen molar-refractivity contribution in [2.24, 2.45) is 0 Å². The Morgan fingerprint density at radius 2 is 2.12 bits per heavy atom. The first-order valence-electron chi connectivity index (χ1n) is 5.54. The van der Waals surface area contributed by atoms with E-state index in [-0.39, 0.29) is 5.91 Å². The Hall–Kier alpha value is -1.65. The summed E-state index contributed by atoms with van der Waals surface area (Å²) in [4.78, 5) is 11.2. The van der Waals surface area contributed by atoms with Crippen LogP contribution in [0.2, 0.25) is 0 Å². The summed E-state index contributed by atoms with van der Waals surface area (Å²) in [5, 5.41) is 5.49. The van der Waals surface area contributed by atoms with Gasteiger partial charge in [-0.1, -0.05) is 0 Å². The average Bonchev–Trinajstić information content (AvgIpc) is 2.29. The van der Waals surface area contributed by atoms with Crippen LogP contribution in [0.15, 0.2) is 18.2 Å².